The van der Waals surface area contributed by atoms with Crippen LogP contribution in [-0.2, 0) is 0 Å². The van der Waals surface area contributed by atoms with E-state index in [1.54, 1.807) is 0 Å². The number of amides is 1. The summed E-state index contributed by atoms with van der Waals surface area (Å²) < 4.78 is 28.8. The molecule has 1 aliphatic rings. The molecule has 2 unspecified atom stereocenters. The number of carbonyl (C=O) groups is 1. The van der Waals surface area contributed by atoms with Crippen LogP contribution in [0.5, 0.6) is 5.88 Å². The zero-order chi connectivity index (χ0) is 16.9. The Morgan fingerprint density at radius 3 is 2.91 bits per heavy atom. The molecule has 0 radical (unpaired) electrons. The summed E-state index contributed by atoms with van der Waals surface area (Å²) in [7, 11) is 0. The van der Waals surface area contributed by atoms with Crippen molar-refractivity contribution in [3.8, 4) is 5.88 Å². The van der Waals surface area contributed by atoms with Crippen LogP contribution in [-0.4, -0.2) is 41.7 Å². The minimum Gasteiger partial charge on any atom is -0.472 e. The predicted octanol–water partition coefficient (Wildman–Crippen LogP) is 2.40. The van der Waals surface area contributed by atoms with Crippen LogP contribution in [0.3, 0.4) is 0 Å². The van der Waals surface area contributed by atoms with Crippen LogP contribution < -0.4 is 10.1 Å². The summed E-state index contributed by atoms with van der Waals surface area (Å²) in [5, 5.41) is 12.9. The fraction of sp³-hybridized carbons (Fsp3) is 0.625. The molecule has 0 bridgehead atoms. The number of hydrogen-bond acceptors (Lipinski definition) is 4. The van der Waals surface area contributed by atoms with E-state index in [0.717, 1.165) is 25.7 Å². The summed E-state index contributed by atoms with van der Waals surface area (Å²) in [4.78, 5) is 16.0. The maximum atomic E-state index is 12.1. The number of carbonyl (C=O) groups excluding carboxylic acids is 1. The third kappa shape index (κ3) is 4.86. The summed E-state index contributed by atoms with van der Waals surface area (Å²) in [6.07, 6.45) is 1.98. The smallest absolute Gasteiger partial charge is 0.272 e. The van der Waals surface area contributed by atoms with Crippen molar-refractivity contribution in [3.63, 3.8) is 0 Å². The van der Waals surface area contributed by atoms with Crippen molar-refractivity contribution in [2.75, 3.05) is 13.2 Å². The number of ether oxygens (including phenoxy) is 1. The Hall–Kier alpha value is -1.76. The van der Waals surface area contributed by atoms with Gasteiger partial charge in [-0.15, -0.1) is 0 Å². The fourth-order valence-corrected chi connectivity index (χ4v) is 2.72. The zero-order valence-corrected chi connectivity index (χ0v) is 13.1. The van der Waals surface area contributed by atoms with E-state index in [1.807, 2.05) is 6.92 Å². The van der Waals surface area contributed by atoms with Crippen LogP contribution in [0.4, 0.5) is 8.78 Å². The maximum absolute atomic E-state index is 12.1. The average Bonchev–Trinajstić information content (AvgIpc) is 2.54. The first-order valence-corrected chi connectivity index (χ1v) is 7.74. The predicted molar refractivity (Wildman–Crippen MR) is 80.7 cm³/mol. The molecule has 1 aliphatic carbocycles. The summed E-state index contributed by atoms with van der Waals surface area (Å²) >= 11 is 0. The van der Waals surface area contributed by atoms with Crippen LogP contribution in [0.1, 0.15) is 43.0 Å². The van der Waals surface area contributed by atoms with E-state index in [0.29, 0.717) is 12.1 Å². The molecule has 2 rings (SSSR count). The van der Waals surface area contributed by atoms with Crippen molar-refractivity contribution >= 4 is 5.91 Å². The number of nitrogens with zero attached hydrogens (tertiary/aromatic N) is 1. The van der Waals surface area contributed by atoms with E-state index >= 15 is 0 Å². The molecule has 1 saturated carbocycles. The Bertz CT molecular complexity index is 525. The molecule has 1 aromatic heterocycles. The van der Waals surface area contributed by atoms with Gasteiger partial charge in [-0.3, -0.25) is 4.79 Å². The van der Waals surface area contributed by atoms with E-state index in [1.165, 1.54) is 18.3 Å². The molecule has 1 aromatic rings. The number of aliphatic hydroxyl groups is 1. The molecule has 2 N–H and O–H groups in total. The number of hydrogen-bond donors (Lipinski definition) is 2. The topological polar surface area (TPSA) is 71.5 Å². The molecule has 2 atom stereocenters. The van der Waals surface area contributed by atoms with E-state index in [4.69, 9.17) is 4.74 Å². The first-order valence-electron chi connectivity index (χ1n) is 7.74. The average molecular weight is 328 g/mol. The van der Waals surface area contributed by atoms with Gasteiger partial charge >= 0.3 is 0 Å². The standard InChI is InChI=1S/C16H22F2N2O3/c1-16(7-3-2-4-12(16)21)10-20-15(22)11-5-6-14(19-8-11)23-9-13(17)18/h5-6,8,12-13,21H,2-4,7,9-10H2,1H3,(H,20,22). The molecule has 0 aromatic carbocycles. The number of pyridine rings is 1. The maximum Gasteiger partial charge on any atom is 0.272 e. The van der Waals surface area contributed by atoms with Gasteiger partial charge < -0.3 is 15.2 Å². The van der Waals surface area contributed by atoms with E-state index in [-0.39, 0.29) is 17.2 Å². The van der Waals surface area contributed by atoms with Crippen molar-refractivity contribution in [2.45, 2.75) is 45.1 Å². The molecule has 5 nitrogen and oxygen atoms in total. The minimum absolute atomic E-state index is 0.0523. The highest BCUT2D eigenvalue weighted by molar-refractivity contribution is 5.93. The van der Waals surface area contributed by atoms with Crippen LogP contribution in [0.2, 0.25) is 0 Å². The molecular weight excluding hydrogens is 306 g/mol. The number of nitrogens with one attached hydrogen (secondary N) is 1. The van der Waals surface area contributed by atoms with Gasteiger partial charge in [-0.25, -0.2) is 13.8 Å². The summed E-state index contributed by atoms with van der Waals surface area (Å²) in [6, 6.07) is 2.86. The molecule has 128 valence electrons. The number of aliphatic hydroxyl groups excluding tert-OH is 1. The minimum atomic E-state index is -2.57. The third-order valence-electron chi connectivity index (χ3n) is 4.29. The van der Waals surface area contributed by atoms with E-state index < -0.39 is 19.1 Å². The molecular formula is C16H22F2N2O3. The number of halogens is 2. The Kier molecular flexibility index (Phi) is 5.87. The van der Waals surface area contributed by atoms with Crippen molar-refractivity contribution in [1.29, 1.82) is 0 Å². The van der Waals surface area contributed by atoms with Crippen LogP contribution in [0.15, 0.2) is 18.3 Å². The van der Waals surface area contributed by atoms with Gasteiger partial charge in [0.15, 0.2) is 6.61 Å². The fourth-order valence-electron chi connectivity index (χ4n) is 2.72. The van der Waals surface area contributed by atoms with Crippen LogP contribution in [0, 0.1) is 5.41 Å². The quantitative estimate of drug-likeness (QED) is 0.841. The molecule has 0 saturated heterocycles. The summed E-state index contributed by atoms with van der Waals surface area (Å²) in [5.41, 5.74) is 0.00469. The Morgan fingerprint density at radius 1 is 1.52 bits per heavy atom. The highest BCUT2D eigenvalue weighted by atomic mass is 19.3. The Morgan fingerprint density at radius 2 is 2.30 bits per heavy atom. The van der Waals surface area contributed by atoms with Gasteiger partial charge in [0, 0.05) is 24.2 Å². The Labute approximate surface area is 134 Å². The lowest BCUT2D eigenvalue weighted by atomic mass is 9.73. The summed E-state index contributed by atoms with van der Waals surface area (Å²) in [6.45, 7) is 1.63. The Balaban J connectivity index is 1.88. The number of rotatable bonds is 6. The van der Waals surface area contributed by atoms with Gasteiger partial charge in [0.2, 0.25) is 5.88 Å². The van der Waals surface area contributed by atoms with E-state index in [9.17, 15) is 18.7 Å². The first-order chi connectivity index (χ1) is 10.9. The highest BCUT2D eigenvalue weighted by Crippen LogP contribution is 2.35. The SMILES string of the molecule is CC1(CNC(=O)c2ccc(OCC(F)F)nc2)CCCCC1O. The van der Waals surface area contributed by atoms with Gasteiger partial charge in [0.1, 0.15) is 0 Å². The van der Waals surface area contributed by atoms with Gasteiger partial charge in [0.25, 0.3) is 12.3 Å². The van der Waals surface area contributed by atoms with Crippen LogP contribution >= 0.6 is 0 Å². The van der Waals surface area contributed by atoms with Gasteiger partial charge in [-0.05, 0) is 18.9 Å². The normalized spacial score (nSPS) is 24.5. The van der Waals surface area contributed by atoms with Gasteiger partial charge in [-0.1, -0.05) is 19.8 Å². The molecule has 1 fully saturated rings. The largest absolute Gasteiger partial charge is 0.472 e. The first kappa shape index (κ1) is 17.6. The lowest BCUT2D eigenvalue weighted by Gasteiger charge is -2.38. The second-order valence-corrected chi connectivity index (χ2v) is 6.19. The van der Waals surface area contributed by atoms with Crippen molar-refractivity contribution in [1.82, 2.24) is 10.3 Å². The van der Waals surface area contributed by atoms with Crippen molar-refractivity contribution < 1.29 is 23.4 Å². The second kappa shape index (κ2) is 7.68. The monoisotopic (exact) mass is 328 g/mol. The molecule has 0 spiro atoms. The van der Waals surface area contributed by atoms with Crippen LogP contribution in [0.25, 0.3) is 0 Å². The van der Waals surface area contributed by atoms with Gasteiger partial charge in [0.05, 0.1) is 11.7 Å². The second-order valence-electron chi connectivity index (χ2n) is 6.19. The van der Waals surface area contributed by atoms with Crippen molar-refractivity contribution in [2.24, 2.45) is 5.41 Å². The number of alkyl halides is 2. The molecule has 1 heterocycles. The van der Waals surface area contributed by atoms with Crippen molar-refractivity contribution in [3.05, 3.63) is 23.9 Å². The highest BCUT2D eigenvalue weighted by Gasteiger charge is 2.35. The molecule has 1 amide bonds. The number of aromatic nitrogens is 1. The van der Waals surface area contributed by atoms with Gasteiger partial charge in [-0.2, -0.15) is 0 Å². The molecule has 23 heavy (non-hydrogen) atoms. The van der Waals surface area contributed by atoms with E-state index in [2.05, 4.69) is 10.3 Å². The zero-order valence-electron chi connectivity index (χ0n) is 13.1. The molecule has 7 heteroatoms. The molecule has 0 aliphatic heterocycles. The lowest BCUT2D eigenvalue weighted by molar-refractivity contribution is 0.00190. The summed E-state index contributed by atoms with van der Waals surface area (Å²) in [5.74, 6) is -0.256. The lowest BCUT2D eigenvalue weighted by Crippen LogP contribution is -2.45. The third-order valence-corrected chi connectivity index (χ3v) is 4.29.